The van der Waals surface area contributed by atoms with Crippen molar-refractivity contribution in [3.8, 4) is 11.5 Å². The maximum atomic E-state index is 5.33. The SMILES string of the molecule is COc1ccc(CNCC2CCC(C)CC2)cc1OC. The lowest BCUT2D eigenvalue weighted by Gasteiger charge is -2.26. The van der Waals surface area contributed by atoms with E-state index in [-0.39, 0.29) is 0 Å². The first-order valence-corrected chi connectivity index (χ1v) is 7.64. The Morgan fingerprint density at radius 3 is 2.40 bits per heavy atom. The number of nitrogens with one attached hydrogen (secondary N) is 1. The van der Waals surface area contributed by atoms with Gasteiger partial charge < -0.3 is 14.8 Å². The smallest absolute Gasteiger partial charge is 0.161 e. The van der Waals surface area contributed by atoms with E-state index in [1.807, 2.05) is 6.07 Å². The van der Waals surface area contributed by atoms with Crippen LogP contribution >= 0.6 is 0 Å². The predicted octanol–water partition coefficient (Wildman–Crippen LogP) is 3.62. The molecule has 1 aliphatic rings. The molecule has 0 radical (unpaired) electrons. The molecule has 0 unspecified atom stereocenters. The first-order chi connectivity index (χ1) is 9.72. The van der Waals surface area contributed by atoms with Gasteiger partial charge in [-0.3, -0.25) is 0 Å². The molecule has 0 aromatic heterocycles. The lowest BCUT2D eigenvalue weighted by atomic mass is 9.83. The van der Waals surface area contributed by atoms with Gasteiger partial charge in [0.05, 0.1) is 14.2 Å². The summed E-state index contributed by atoms with van der Waals surface area (Å²) in [5, 5.41) is 3.58. The van der Waals surface area contributed by atoms with Crippen LogP contribution in [0.15, 0.2) is 18.2 Å². The van der Waals surface area contributed by atoms with Crippen LogP contribution in [0.25, 0.3) is 0 Å². The van der Waals surface area contributed by atoms with E-state index in [9.17, 15) is 0 Å². The quantitative estimate of drug-likeness (QED) is 0.861. The first-order valence-electron chi connectivity index (χ1n) is 7.64. The Hall–Kier alpha value is -1.22. The standard InChI is InChI=1S/C17H27NO2/c1-13-4-6-14(7-5-13)11-18-12-15-8-9-16(19-2)17(10-15)20-3/h8-10,13-14,18H,4-7,11-12H2,1-3H3. The largest absolute Gasteiger partial charge is 0.493 e. The highest BCUT2D eigenvalue weighted by Crippen LogP contribution is 2.29. The summed E-state index contributed by atoms with van der Waals surface area (Å²) in [4.78, 5) is 0. The number of ether oxygens (including phenoxy) is 2. The molecule has 0 bridgehead atoms. The molecule has 3 nitrogen and oxygen atoms in total. The van der Waals surface area contributed by atoms with Crippen molar-refractivity contribution in [1.82, 2.24) is 5.32 Å². The molecule has 0 heterocycles. The van der Waals surface area contributed by atoms with E-state index in [1.54, 1.807) is 14.2 Å². The molecule has 1 N–H and O–H groups in total. The molecular weight excluding hydrogens is 250 g/mol. The second-order valence-electron chi connectivity index (χ2n) is 5.95. The van der Waals surface area contributed by atoms with Gasteiger partial charge in [-0.2, -0.15) is 0 Å². The molecule has 0 atom stereocenters. The van der Waals surface area contributed by atoms with Crippen LogP contribution in [-0.4, -0.2) is 20.8 Å². The van der Waals surface area contributed by atoms with Gasteiger partial charge in [-0.15, -0.1) is 0 Å². The van der Waals surface area contributed by atoms with Crippen molar-refractivity contribution in [3.63, 3.8) is 0 Å². The monoisotopic (exact) mass is 277 g/mol. The fraction of sp³-hybridized carbons (Fsp3) is 0.647. The minimum atomic E-state index is 0.789. The summed E-state index contributed by atoms with van der Waals surface area (Å²) < 4.78 is 10.6. The van der Waals surface area contributed by atoms with Crippen molar-refractivity contribution in [1.29, 1.82) is 0 Å². The summed E-state index contributed by atoms with van der Waals surface area (Å²) in [5.41, 5.74) is 1.24. The van der Waals surface area contributed by atoms with Gasteiger partial charge in [-0.1, -0.05) is 25.8 Å². The highest BCUT2D eigenvalue weighted by atomic mass is 16.5. The Morgan fingerprint density at radius 1 is 1.05 bits per heavy atom. The summed E-state index contributed by atoms with van der Waals surface area (Å²) in [7, 11) is 3.35. The minimum absolute atomic E-state index is 0.789. The second-order valence-corrected chi connectivity index (χ2v) is 5.95. The van der Waals surface area contributed by atoms with Gasteiger partial charge in [0.25, 0.3) is 0 Å². The van der Waals surface area contributed by atoms with Crippen LogP contribution in [0.3, 0.4) is 0 Å². The van der Waals surface area contributed by atoms with Crippen LogP contribution in [0.4, 0.5) is 0 Å². The van der Waals surface area contributed by atoms with Crippen LogP contribution in [0, 0.1) is 11.8 Å². The van der Waals surface area contributed by atoms with Crippen LogP contribution < -0.4 is 14.8 Å². The molecule has 0 amide bonds. The maximum absolute atomic E-state index is 5.33. The molecule has 1 saturated carbocycles. The fourth-order valence-corrected chi connectivity index (χ4v) is 2.94. The molecule has 112 valence electrons. The predicted molar refractivity (Wildman–Crippen MR) is 82.4 cm³/mol. The van der Waals surface area contributed by atoms with E-state index in [1.165, 1.54) is 31.2 Å². The van der Waals surface area contributed by atoms with Crippen LogP contribution in [0.1, 0.15) is 38.2 Å². The van der Waals surface area contributed by atoms with Crippen molar-refractivity contribution in [2.75, 3.05) is 20.8 Å². The summed E-state index contributed by atoms with van der Waals surface area (Å²) >= 11 is 0. The zero-order valence-corrected chi connectivity index (χ0v) is 12.9. The molecule has 1 aromatic carbocycles. The number of benzene rings is 1. The van der Waals surface area contributed by atoms with E-state index in [4.69, 9.17) is 9.47 Å². The van der Waals surface area contributed by atoms with E-state index >= 15 is 0 Å². The van der Waals surface area contributed by atoms with Crippen LogP contribution in [0.5, 0.6) is 11.5 Å². The highest BCUT2D eigenvalue weighted by molar-refractivity contribution is 5.42. The van der Waals surface area contributed by atoms with Crippen molar-refractivity contribution in [3.05, 3.63) is 23.8 Å². The lowest BCUT2D eigenvalue weighted by Crippen LogP contribution is -2.25. The van der Waals surface area contributed by atoms with Gasteiger partial charge in [0.2, 0.25) is 0 Å². The van der Waals surface area contributed by atoms with Crippen molar-refractivity contribution in [2.24, 2.45) is 11.8 Å². The Balaban J connectivity index is 1.79. The van der Waals surface area contributed by atoms with Gasteiger partial charge >= 0.3 is 0 Å². The van der Waals surface area contributed by atoms with Crippen molar-refractivity contribution in [2.45, 2.75) is 39.2 Å². The Bertz CT molecular complexity index is 411. The topological polar surface area (TPSA) is 30.5 Å². The summed E-state index contributed by atoms with van der Waals surface area (Å²) in [6.07, 6.45) is 5.53. The average Bonchev–Trinajstić information content (AvgIpc) is 2.49. The molecule has 0 aliphatic heterocycles. The lowest BCUT2D eigenvalue weighted by molar-refractivity contribution is 0.281. The van der Waals surface area contributed by atoms with E-state index in [2.05, 4.69) is 24.4 Å². The molecule has 20 heavy (non-hydrogen) atoms. The van der Waals surface area contributed by atoms with Crippen LogP contribution in [0.2, 0.25) is 0 Å². The summed E-state index contributed by atoms with van der Waals surface area (Å²) in [6.45, 7) is 4.39. The molecule has 1 fully saturated rings. The van der Waals surface area contributed by atoms with Gasteiger partial charge in [0, 0.05) is 6.54 Å². The molecule has 0 spiro atoms. The van der Waals surface area contributed by atoms with Crippen molar-refractivity contribution >= 4 is 0 Å². The van der Waals surface area contributed by atoms with Gasteiger partial charge in [-0.05, 0) is 48.9 Å². The van der Waals surface area contributed by atoms with Crippen molar-refractivity contribution < 1.29 is 9.47 Å². The third-order valence-corrected chi connectivity index (χ3v) is 4.35. The Morgan fingerprint density at radius 2 is 1.75 bits per heavy atom. The summed E-state index contributed by atoms with van der Waals surface area (Å²) in [5.74, 6) is 3.37. The number of rotatable bonds is 6. The van der Waals surface area contributed by atoms with Gasteiger partial charge in [-0.25, -0.2) is 0 Å². The Labute approximate surface area is 122 Å². The summed E-state index contributed by atoms with van der Waals surface area (Å²) in [6, 6.07) is 6.12. The number of hydrogen-bond donors (Lipinski definition) is 1. The molecule has 2 rings (SSSR count). The zero-order valence-electron chi connectivity index (χ0n) is 12.9. The van der Waals surface area contributed by atoms with E-state index in [0.29, 0.717) is 0 Å². The molecule has 3 heteroatoms. The average molecular weight is 277 g/mol. The third-order valence-electron chi connectivity index (χ3n) is 4.35. The fourth-order valence-electron chi connectivity index (χ4n) is 2.94. The normalized spacial score (nSPS) is 22.6. The highest BCUT2D eigenvalue weighted by Gasteiger charge is 2.17. The zero-order chi connectivity index (χ0) is 14.4. The second kappa shape index (κ2) is 7.53. The maximum Gasteiger partial charge on any atom is 0.161 e. The number of methoxy groups -OCH3 is 2. The first kappa shape index (κ1) is 15.2. The Kier molecular flexibility index (Phi) is 5.72. The molecular formula is C17H27NO2. The van der Waals surface area contributed by atoms with E-state index in [0.717, 1.165) is 36.4 Å². The molecule has 1 aliphatic carbocycles. The third kappa shape index (κ3) is 4.14. The van der Waals surface area contributed by atoms with Gasteiger partial charge in [0.15, 0.2) is 11.5 Å². The molecule has 1 aromatic rings. The van der Waals surface area contributed by atoms with E-state index < -0.39 is 0 Å². The number of hydrogen-bond acceptors (Lipinski definition) is 3. The molecule has 0 saturated heterocycles. The van der Waals surface area contributed by atoms with Crippen LogP contribution in [-0.2, 0) is 6.54 Å². The van der Waals surface area contributed by atoms with Gasteiger partial charge in [0.1, 0.15) is 0 Å². The minimum Gasteiger partial charge on any atom is -0.493 e.